The molecule has 104 valence electrons. The second kappa shape index (κ2) is 4.71. The summed E-state index contributed by atoms with van der Waals surface area (Å²) in [7, 11) is 3.65. The summed E-state index contributed by atoms with van der Waals surface area (Å²) in [5, 5.41) is 0. The van der Waals surface area contributed by atoms with Gasteiger partial charge >= 0.3 is 0 Å². The van der Waals surface area contributed by atoms with Crippen LogP contribution in [0.15, 0.2) is 30.3 Å². The number of rotatable bonds is 3. The van der Waals surface area contributed by atoms with Crippen molar-refractivity contribution in [3.05, 3.63) is 47.2 Å². The lowest BCUT2D eigenvalue weighted by Crippen LogP contribution is -2.15. The fourth-order valence-electron chi connectivity index (χ4n) is 2.78. The van der Waals surface area contributed by atoms with Crippen molar-refractivity contribution in [3.63, 3.8) is 0 Å². The Morgan fingerprint density at radius 3 is 2.55 bits per heavy atom. The predicted molar refractivity (Wildman–Crippen MR) is 78.9 cm³/mol. The molecular formula is C16H18N2O2. The zero-order valence-electron chi connectivity index (χ0n) is 12.0. The van der Waals surface area contributed by atoms with E-state index < -0.39 is 0 Å². The smallest absolute Gasteiger partial charge is 0.196 e. The van der Waals surface area contributed by atoms with Crippen LogP contribution < -0.4 is 9.64 Å². The maximum atomic E-state index is 12.7. The van der Waals surface area contributed by atoms with Crippen molar-refractivity contribution in [1.29, 1.82) is 0 Å². The molecule has 4 nitrogen and oxygen atoms in total. The van der Waals surface area contributed by atoms with E-state index in [1.54, 1.807) is 7.11 Å². The van der Waals surface area contributed by atoms with Crippen molar-refractivity contribution in [1.82, 2.24) is 4.57 Å². The number of benzene rings is 1. The Morgan fingerprint density at radius 2 is 1.90 bits per heavy atom. The van der Waals surface area contributed by atoms with Gasteiger partial charge in [-0.15, -0.1) is 0 Å². The van der Waals surface area contributed by atoms with E-state index in [9.17, 15) is 4.79 Å². The van der Waals surface area contributed by atoms with Crippen LogP contribution in [0.1, 0.15) is 21.6 Å². The molecule has 0 N–H and O–H groups in total. The number of methoxy groups -OCH3 is 1. The van der Waals surface area contributed by atoms with E-state index in [4.69, 9.17) is 4.74 Å². The third-order valence-corrected chi connectivity index (χ3v) is 3.89. The average Bonchev–Trinajstić information content (AvgIpc) is 3.00. The molecule has 1 aromatic carbocycles. The van der Waals surface area contributed by atoms with E-state index in [-0.39, 0.29) is 5.78 Å². The summed E-state index contributed by atoms with van der Waals surface area (Å²) < 4.78 is 7.33. The molecule has 4 heteroatoms. The molecule has 0 bridgehead atoms. The lowest BCUT2D eigenvalue weighted by atomic mass is 10.0. The van der Waals surface area contributed by atoms with Crippen LogP contribution in [0.4, 0.5) is 5.82 Å². The van der Waals surface area contributed by atoms with Crippen LogP contribution in [0.5, 0.6) is 5.75 Å². The Bertz CT molecular complexity index is 656. The van der Waals surface area contributed by atoms with Gasteiger partial charge in [-0.3, -0.25) is 4.79 Å². The maximum absolute atomic E-state index is 12.7. The Morgan fingerprint density at radius 1 is 1.20 bits per heavy atom. The molecule has 1 aromatic heterocycles. The molecule has 0 atom stereocenters. The van der Waals surface area contributed by atoms with Gasteiger partial charge in [0.05, 0.1) is 12.7 Å². The standard InChI is InChI=1S/C16H18N2O2/c1-11-10-14(16-17(2)8-9-18(11)16)15(19)12-4-6-13(20-3)7-5-12/h4-7,10H,8-9H2,1-3H3. The normalized spacial score (nSPS) is 13.4. The van der Waals surface area contributed by atoms with Crippen molar-refractivity contribution < 1.29 is 9.53 Å². The van der Waals surface area contributed by atoms with Crippen LogP contribution >= 0.6 is 0 Å². The summed E-state index contributed by atoms with van der Waals surface area (Å²) in [5.74, 6) is 1.86. The van der Waals surface area contributed by atoms with Gasteiger partial charge in [0.15, 0.2) is 5.78 Å². The van der Waals surface area contributed by atoms with Gasteiger partial charge in [0.2, 0.25) is 0 Å². The van der Waals surface area contributed by atoms with Crippen molar-refractivity contribution in [3.8, 4) is 5.75 Å². The number of hydrogen-bond acceptors (Lipinski definition) is 3. The molecular weight excluding hydrogens is 252 g/mol. The van der Waals surface area contributed by atoms with Gasteiger partial charge in [0, 0.05) is 31.4 Å². The molecule has 0 radical (unpaired) electrons. The fourth-order valence-corrected chi connectivity index (χ4v) is 2.78. The van der Waals surface area contributed by atoms with Gasteiger partial charge in [-0.2, -0.15) is 0 Å². The van der Waals surface area contributed by atoms with Gasteiger partial charge < -0.3 is 14.2 Å². The zero-order chi connectivity index (χ0) is 14.3. The molecule has 20 heavy (non-hydrogen) atoms. The zero-order valence-corrected chi connectivity index (χ0v) is 12.0. The molecule has 2 aromatic rings. The van der Waals surface area contributed by atoms with E-state index in [0.29, 0.717) is 5.56 Å². The van der Waals surface area contributed by atoms with E-state index in [1.807, 2.05) is 44.3 Å². The number of fused-ring (bicyclic) bond motifs is 1. The quantitative estimate of drug-likeness (QED) is 0.804. The Hall–Kier alpha value is -2.23. The van der Waals surface area contributed by atoms with E-state index in [2.05, 4.69) is 9.47 Å². The van der Waals surface area contributed by atoms with Gasteiger partial charge in [-0.1, -0.05) is 0 Å². The highest BCUT2D eigenvalue weighted by atomic mass is 16.5. The minimum atomic E-state index is 0.0678. The molecule has 1 aliphatic rings. The molecule has 0 spiro atoms. The number of carbonyl (C=O) groups excluding carboxylic acids is 1. The molecule has 0 amide bonds. The van der Waals surface area contributed by atoms with Crippen molar-refractivity contribution in [2.24, 2.45) is 0 Å². The Balaban J connectivity index is 2.00. The summed E-state index contributed by atoms with van der Waals surface area (Å²) >= 11 is 0. The SMILES string of the molecule is COc1ccc(C(=O)c2cc(C)n3c2N(C)CC3)cc1. The highest BCUT2D eigenvalue weighted by Crippen LogP contribution is 2.31. The second-order valence-electron chi connectivity index (χ2n) is 5.15. The average molecular weight is 270 g/mol. The number of aryl methyl sites for hydroxylation is 1. The number of carbonyl (C=O) groups is 1. The molecule has 1 aliphatic heterocycles. The maximum Gasteiger partial charge on any atom is 0.196 e. The molecule has 0 saturated heterocycles. The van der Waals surface area contributed by atoms with Crippen molar-refractivity contribution in [2.45, 2.75) is 13.5 Å². The predicted octanol–water partition coefficient (Wildman–Crippen LogP) is 2.49. The molecule has 2 heterocycles. The summed E-state index contributed by atoms with van der Waals surface area (Å²) in [6, 6.07) is 9.25. The first-order valence-corrected chi connectivity index (χ1v) is 6.72. The first kappa shape index (κ1) is 12.8. The van der Waals surface area contributed by atoms with Crippen LogP contribution in [0.3, 0.4) is 0 Å². The number of hydrogen-bond donors (Lipinski definition) is 0. The third kappa shape index (κ3) is 1.88. The van der Waals surface area contributed by atoms with Crippen LogP contribution in [-0.2, 0) is 6.54 Å². The lowest BCUT2D eigenvalue weighted by Gasteiger charge is -2.12. The number of likely N-dealkylation sites (N-methyl/N-ethyl adjacent to an activating group) is 1. The number of aromatic nitrogens is 1. The molecule has 0 aliphatic carbocycles. The summed E-state index contributed by atoms with van der Waals surface area (Å²) in [5.41, 5.74) is 2.62. The minimum absolute atomic E-state index is 0.0678. The second-order valence-corrected chi connectivity index (χ2v) is 5.15. The highest BCUT2D eigenvalue weighted by molar-refractivity contribution is 6.12. The molecule has 0 fully saturated rings. The summed E-state index contributed by atoms with van der Waals surface area (Å²) in [4.78, 5) is 14.8. The monoisotopic (exact) mass is 270 g/mol. The van der Waals surface area contributed by atoms with Gasteiger partial charge in [-0.05, 0) is 37.3 Å². The van der Waals surface area contributed by atoms with Gasteiger partial charge in [0.25, 0.3) is 0 Å². The van der Waals surface area contributed by atoms with Crippen molar-refractivity contribution >= 4 is 11.6 Å². The van der Waals surface area contributed by atoms with E-state index in [0.717, 1.165) is 35.9 Å². The molecule has 0 unspecified atom stereocenters. The number of ether oxygens (including phenoxy) is 1. The minimum Gasteiger partial charge on any atom is -0.497 e. The summed E-state index contributed by atoms with van der Waals surface area (Å²) in [6.45, 7) is 3.96. The topological polar surface area (TPSA) is 34.5 Å². The highest BCUT2D eigenvalue weighted by Gasteiger charge is 2.26. The number of ketones is 1. The van der Waals surface area contributed by atoms with Crippen LogP contribution in [0, 0.1) is 6.92 Å². The lowest BCUT2D eigenvalue weighted by molar-refractivity contribution is 0.103. The molecule has 0 saturated carbocycles. The summed E-state index contributed by atoms with van der Waals surface area (Å²) in [6.07, 6.45) is 0. The Labute approximate surface area is 118 Å². The largest absolute Gasteiger partial charge is 0.497 e. The Kier molecular flexibility index (Phi) is 3.01. The van der Waals surface area contributed by atoms with Gasteiger partial charge in [0.1, 0.15) is 11.6 Å². The van der Waals surface area contributed by atoms with E-state index >= 15 is 0 Å². The van der Waals surface area contributed by atoms with Gasteiger partial charge in [-0.25, -0.2) is 0 Å². The first-order chi connectivity index (χ1) is 9.61. The van der Waals surface area contributed by atoms with Crippen LogP contribution in [0.2, 0.25) is 0 Å². The van der Waals surface area contributed by atoms with Crippen molar-refractivity contribution in [2.75, 3.05) is 25.6 Å². The first-order valence-electron chi connectivity index (χ1n) is 6.72. The van der Waals surface area contributed by atoms with Crippen LogP contribution in [-0.4, -0.2) is 31.1 Å². The third-order valence-electron chi connectivity index (χ3n) is 3.89. The fraction of sp³-hybridized carbons (Fsp3) is 0.312. The van der Waals surface area contributed by atoms with Crippen LogP contribution in [0.25, 0.3) is 0 Å². The number of nitrogens with zero attached hydrogens (tertiary/aromatic N) is 2. The molecule has 3 rings (SSSR count). The van der Waals surface area contributed by atoms with E-state index in [1.165, 1.54) is 0 Å². The number of anilines is 1.